The summed E-state index contributed by atoms with van der Waals surface area (Å²) in [6.07, 6.45) is 0. The summed E-state index contributed by atoms with van der Waals surface area (Å²) in [4.78, 5) is 7.51. The van der Waals surface area contributed by atoms with E-state index in [9.17, 15) is 0 Å². The first-order valence-corrected chi connectivity index (χ1v) is 24.0. The molecule has 0 N–H and O–H groups in total. The van der Waals surface area contributed by atoms with Gasteiger partial charge in [0.2, 0.25) is 0 Å². The molecule has 0 fully saturated rings. The van der Waals surface area contributed by atoms with E-state index in [2.05, 4.69) is 262 Å². The van der Waals surface area contributed by atoms with Crippen molar-refractivity contribution in [2.75, 3.05) is 14.7 Å². The van der Waals surface area contributed by atoms with Crippen LogP contribution in [0.5, 0.6) is 0 Å². The molecule has 13 rings (SSSR count). The molecule has 3 aliphatic rings. The second kappa shape index (κ2) is 15.2. The number of hydrogen-bond acceptors (Lipinski definition) is 3. The van der Waals surface area contributed by atoms with Crippen LogP contribution in [0.4, 0.5) is 51.2 Å². The monoisotopic (exact) mass is 871 g/mol. The molecule has 68 heavy (non-hydrogen) atoms. The highest BCUT2D eigenvalue weighted by Gasteiger charge is 2.46. The first kappa shape index (κ1) is 40.2. The minimum Gasteiger partial charge on any atom is -0.311 e. The van der Waals surface area contributed by atoms with Gasteiger partial charge in [-0.2, -0.15) is 0 Å². The van der Waals surface area contributed by atoms with Crippen LogP contribution in [0.2, 0.25) is 0 Å². The molecule has 0 saturated heterocycles. The van der Waals surface area contributed by atoms with E-state index in [0.717, 1.165) is 17.1 Å². The molecule has 0 bridgehead atoms. The fourth-order valence-corrected chi connectivity index (χ4v) is 12.1. The van der Waals surface area contributed by atoms with Gasteiger partial charge in [0.25, 0.3) is 6.71 Å². The summed E-state index contributed by atoms with van der Waals surface area (Å²) in [5.41, 5.74) is 26.2. The molecule has 2 aliphatic heterocycles. The largest absolute Gasteiger partial charge is 0.311 e. The number of anilines is 9. The molecule has 324 valence electrons. The number of hydrogen-bond donors (Lipinski definition) is 0. The van der Waals surface area contributed by atoms with Gasteiger partial charge in [-0.3, -0.25) is 0 Å². The van der Waals surface area contributed by atoms with E-state index in [0.29, 0.717) is 0 Å². The Hall–Kier alpha value is -8.08. The van der Waals surface area contributed by atoms with Crippen molar-refractivity contribution in [2.45, 2.75) is 40.0 Å². The van der Waals surface area contributed by atoms with Gasteiger partial charge < -0.3 is 14.7 Å². The molecule has 0 aromatic heterocycles. The third kappa shape index (κ3) is 6.00. The maximum atomic E-state index is 2.62. The molecule has 10 aromatic rings. The third-order valence-corrected chi connectivity index (χ3v) is 15.0. The summed E-state index contributed by atoms with van der Waals surface area (Å²) in [5, 5.41) is 2.48. The van der Waals surface area contributed by atoms with Crippen LogP contribution >= 0.6 is 0 Å². The summed E-state index contributed by atoms with van der Waals surface area (Å²) in [5.74, 6) is 0. The van der Waals surface area contributed by atoms with Gasteiger partial charge in [-0.15, -0.1) is 0 Å². The number of fused-ring (bicyclic) bond motifs is 8. The first-order valence-electron chi connectivity index (χ1n) is 24.0. The first-order chi connectivity index (χ1) is 33.2. The lowest BCUT2D eigenvalue weighted by atomic mass is 9.33. The summed E-state index contributed by atoms with van der Waals surface area (Å²) >= 11 is 0. The standard InChI is InChI=1S/C64H50BN3/c1-41-34-42(2)63(43(3)35-41)68-60-31-19-30-59-62(60)65(55-27-16-18-29-58(55)67(59)57-28-17-15-26-50(57)44-20-9-6-10-21-44)56-40-54-52(39-61(56)68)51-37-45-32-33-49(36-46(45)38-53(51)64(54,4)5)66(47-22-11-7-12-23-47)48-24-13-8-14-25-48/h6-40H,1-5H3. The van der Waals surface area contributed by atoms with Crippen molar-refractivity contribution in [1.82, 2.24) is 0 Å². The molecule has 0 atom stereocenters. The quantitative estimate of drug-likeness (QED) is 0.154. The Morgan fingerprint density at radius 3 is 1.68 bits per heavy atom. The molecular weight excluding hydrogens is 822 g/mol. The van der Waals surface area contributed by atoms with Gasteiger partial charge in [-0.1, -0.05) is 153 Å². The third-order valence-electron chi connectivity index (χ3n) is 15.0. The minimum absolute atomic E-state index is 0.0169. The van der Waals surface area contributed by atoms with Crippen LogP contribution < -0.4 is 31.1 Å². The lowest BCUT2D eigenvalue weighted by Crippen LogP contribution is -2.61. The Balaban J connectivity index is 1.03. The molecule has 0 radical (unpaired) electrons. The van der Waals surface area contributed by atoms with E-state index in [-0.39, 0.29) is 12.1 Å². The number of aryl methyl sites for hydroxylation is 3. The summed E-state index contributed by atoms with van der Waals surface area (Å²) in [7, 11) is 0. The predicted octanol–water partition coefficient (Wildman–Crippen LogP) is 15.3. The van der Waals surface area contributed by atoms with Crippen molar-refractivity contribution in [3.8, 4) is 22.3 Å². The molecule has 0 spiro atoms. The molecule has 1 aliphatic carbocycles. The van der Waals surface area contributed by atoms with Gasteiger partial charge in [-0.05, 0) is 166 Å². The average Bonchev–Trinajstić information content (AvgIpc) is 3.57. The highest BCUT2D eigenvalue weighted by atomic mass is 15.2. The molecule has 0 saturated carbocycles. The van der Waals surface area contributed by atoms with Crippen molar-refractivity contribution in [1.29, 1.82) is 0 Å². The maximum Gasteiger partial charge on any atom is 0.252 e. The Labute approximate surface area is 400 Å². The van der Waals surface area contributed by atoms with Crippen molar-refractivity contribution in [3.05, 3.63) is 240 Å². The molecule has 0 amide bonds. The van der Waals surface area contributed by atoms with E-state index >= 15 is 0 Å². The van der Waals surface area contributed by atoms with Crippen LogP contribution in [0.15, 0.2) is 212 Å². The zero-order chi connectivity index (χ0) is 45.8. The molecule has 4 heteroatoms. The van der Waals surface area contributed by atoms with E-state index in [4.69, 9.17) is 0 Å². The topological polar surface area (TPSA) is 9.72 Å². The van der Waals surface area contributed by atoms with Crippen LogP contribution in [0.25, 0.3) is 33.0 Å². The fourth-order valence-electron chi connectivity index (χ4n) is 12.1. The molecule has 0 unspecified atom stereocenters. The number of para-hydroxylation sites is 4. The predicted molar refractivity (Wildman–Crippen MR) is 290 cm³/mol. The Morgan fingerprint density at radius 1 is 0.397 bits per heavy atom. The van der Waals surface area contributed by atoms with E-state index in [1.54, 1.807) is 0 Å². The van der Waals surface area contributed by atoms with E-state index in [1.807, 2.05) is 0 Å². The van der Waals surface area contributed by atoms with Crippen molar-refractivity contribution in [3.63, 3.8) is 0 Å². The van der Waals surface area contributed by atoms with Gasteiger partial charge in [0.05, 0.1) is 11.4 Å². The molecule has 3 nitrogen and oxygen atoms in total. The van der Waals surface area contributed by atoms with Crippen LogP contribution in [-0.2, 0) is 5.41 Å². The zero-order valence-electron chi connectivity index (χ0n) is 39.1. The van der Waals surface area contributed by atoms with Gasteiger partial charge in [0.1, 0.15) is 0 Å². The lowest BCUT2D eigenvalue weighted by molar-refractivity contribution is 0.661. The maximum absolute atomic E-state index is 2.62. The van der Waals surface area contributed by atoms with Crippen molar-refractivity contribution >= 4 is 85.1 Å². The highest BCUT2D eigenvalue weighted by molar-refractivity contribution is 7.00. The average molecular weight is 872 g/mol. The number of benzene rings is 10. The zero-order valence-corrected chi connectivity index (χ0v) is 39.1. The summed E-state index contributed by atoms with van der Waals surface area (Å²) < 4.78 is 0. The van der Waals surface area contributed by atoms with Gasteiger partial charge in [0.15, 0.2) is 0 Å². The summed E-state index contributed by atoms with van der Waals surface area (Å²) in [6.45, 7) is 11.7. The highest BCUT2D eigenvalue weighted by Crippen LogP contribution is 2.54. The molecular formula is C64H50BN3. The number of rotatable bonds is 6. The molecule has 10 aromatic carbocycles. The Kier molecular flexibility index (Phi) is 9.01. The normalized spacial score (nSPS) is 13.7. The van der Waals surface area contributed by atoms with Crippen LogP contribution in [0, 0.1) is 20.8 Å². The van der Waals surface area contributed by atoms with E-state index < -0.39 is 0 Å². The van der Waals surface area contributed by atoms with Crippen LogP contribution in [0.3, 0.4) is 0 Å². The van der Waals surface area contributed by atoms with Gasteiger partial charge >= 0.3 is 0 Å². The number of nitrogens with zero attached hydrogens (tertiary/aromatic N) is 3. The second-order valence-corrected chi connectivity index (χ2v) is 19.5. The SMILES string of the molecule is Cc1cc(C)c(N2c3cc4c(cc3B3c5ccccc5N(c5ccccc5-c5ccccc5)c5cccc2c53)C(C)(C)c2cc3cc(N(c5ccccc5)c5ccccc5)ccc3cc2-4)c(C)c1. The van der Waals surface area contributed by atoms with Gasteiger partial charge in [-0.25, -0.2) is 0 Å². The van der Waals surface area contributed by atoms with Gasteiger partial charge in [0, 0.05) is 50.8 Å². The van der Waals surface area contributed by atoms with Crippen molar-refractivity contribution in [2.24, 2.45) is 0 Å². The Morgan fingerprint density at radius 2 is 0.971 bits per heavy atom. The molecule has 2 heterocycles. The fraction of sp³-hybridized carbons (Fsp3) is 0.0938. The minimum atomic E-state index is -0.252. The van der Waals surface area contributed by atoms with Crippen LogP contribution in [0.1, 0.15) is 41.7 Å². The van der Waals surface area contributed by atoms with Crippen molar-refractivity contribution < 1.29 is 0 Å². The summed E-state index contributed by atoms with van der Waals surface area (Å²) in [6, 6.07) is 79.1. The smallest absolute Gasteiger partial charge is 0.252 e. The second-order valence-electron chi connectivity index (χ2n) is 19.5. The van der Waals surface area contributed by atoms with E-state index in [1.165, 1.54) is 111 Å². The van der Waals surface area contributed by atoms with Crippen LogP contribution in [-0.4, -0.2) is 6.71 Å². The Bertz CT molecular complexity index is 3590. The lowest BCUT2D eigenvalue weighted by Gasteiger charge is -2.45.